The smallest absolute Gasteiger partial charge is 0.317 e. The highest BCUT2D eigenvalue weighted by Gasteiger charge is 2.35. The van der Waals surface area contributed by atoms with Gasteiger partial charge in [-0.25, -0.2) is 14.0 Å². The molecule has 166 valence electrons. The van der Waals surface area contributed by atoms with Crippen molar-refractivity contribution in [2.45, 2.75) is 25.3 Å². The van der Waals surface area contributed by atoms with Gasteiger partial charge in [0.15, 0.2) is 0 Å². The van der Waals surface area contributed by atoms with Crippen molar-refractivity contribution in [1.29, 1.82) is 0 Å². The van der Waals surface area contributed by atoms with Gasteiger partial charge < -0.3 is 20.4 Å². The molecule has 7 heteroatoms. The van der Waals surface area contributed by atoms with E-state index in [0.717, 1.165) is 30.4 Å². The molecule has 1 unspecified atom stereocenters. The summed E-state index contributed by atoms with van der Waals surface area (Å²) >= 11 is 0. The number of halogens is 1. The minimum atomic E-state index is -0.298. The molecular weight excluding hydrogens is 395 g/mol. The topological polar surface area (TPSA) is 64.7 Å². The molecule has 2 aromatic carbocycles. The summed E-state index contributed by atoms with van der Waals surface area (Å²) in [6.07, 6.45) is 2.27. The quantitative estimate of drug-likeness (QED) is 0.738. The summed E-state index contributed by atoms with van der Waals surface area (Å²) in [7, 11) is 3.26. The molecule has 0 saturated carbocycles. The van der Waals surface area contributed by atoms with Crippen LogP contribution >= 0.6 is 0 Å². The number of piperidine rings is 1. The summed E-state index contributed by atoms with van der Waals surface area (Å²) in [5.41, 5.74) is 2.07. The van der Waals surface area contributed by atoms with Gasteiger partial charge in [0.1, 0.15) is 5.82 Å². The number of amides is 4. The largest absolute Gasteiger partial charge is 0.341 e. The van der Waals surface area contributed by atoms with Crippen LogP contribution in [0, 0.1) is 11.7 Å². The van der Waals surface area contributed by atoms with Gasteiger partial charge in [0.25, 0.3) is 0 Å². The number of urea groups is 2. The van der Waals surface area contributed by atoms with Crippen LogP contribution in [0.1, 0.15) is 30.0 Å². The molecule has 4 amide bonds. The molecule has 1 atom stereocenters. The zero-order chi connectivity index (χ0) is 22.2. The maximum Gasteiger partial charge on any atom is 0.317 e. The van der Waals surface area contributed by atoms with Gasteiger partial charge in [-0.1, -0.05) is 42.5 Å². The van der Waals surface area contributed by atoms with E-state index < -0.39 is 0 Å². The summed E-state index contributed by atoms with van der Waals surface area (Å²) in [6, 6.07) is 16.1. The van der Waals surface area contributed by atoms with Crippen LogP contribution in [-0.2, 0) is 6.42 Å². The molecule has 1 fully saturated rings. The molecule has 2 aromatic rings. The van der Waals surface area contributed by atoms with Crippen molar-refractivity contribution in [3.05, 3.63) is 71.5 Å². The van der Waals surface area contributed by atoms with Crippen molar-refractivity contribution >= 4 is 12.1 Å². The maximum absolute atomic E-state index is 13.6. The van der Waals surface area contributed by atoms with Gasteiger partial charge in [-0.3, -0.25) is 0 Å². The Balaban J connectivity index is 1.86. The third kappa shape index (κ3) is 5.75. The molecule has 0 bridgehead atoms. The molecular formula is C24H31FN4O2. The lowest BCUT2D eigenvalue weighted by Gasteiger charge is -2.41. The van der Waals surface area contributed by atoms with Crippen molar-refractivity contribution in [3.8, 4) is 0 Å². The summed E-state index contributed by atoms with van der Waals surface area (Å²) in [6.45, 7) is 1.80. The maximum atomic E-state index is 13.6. The predicted molar refractivity (Wildman–Crippen MR) is 119 cm³/mol. The number of nitrogens with one attached hydrogen (secondary N) is 2. The van der Waals surface area contributed by atoms with E-state index in [4.69, 9.17) is 0 Å². The van der Waals surface area contributed by atoms with Crippen LogP contribution in [-0.4, -0.2) is 55.6 Å². The van der Waals surface area contributed by atoms with Crippen LogP contribution in [0.3, 0.4) is 0 Å². The first kappa shape index (κ1) is 22.6. The average Bonchev–Trinajstić information content (AvgIpc) is 2.82. The normalized spacial score (nSPS) is 15.3. The molecule has 3 rings (SSSR count). The lowest BCUT2D eigenvalue weighted by Crippen LogP contribution is -2.48. The number of hydrogen-bond acceptors (Lipinski definition) is 2. The predicted octanol–water partition coefficient (Wildman–Crippen LogP) is 3.80. The van der Waals surface area contributed by atoms with Gasteiger partial charge in [-0.15, -0.1) is 0 Å². The number of likely N-dealkylation sites (tertiary alicyclic amines) is 1. The van der Waals surface area contributed by atoms with Crippen molar-refractivity contribution in [3.63, 3.8) is 0 Å². The first-order valence-electron chi connectivity index (χ1n) is 10.8. The molecule has 0 aromatic heterocycles. The van der Waals surface area contributed by atoms with Crippen LogP contribution < -0.4 is 10.6 Å². The first-order chi connectivity index (χ1) is 15.0. The van der Waals surface area contributed by atoms with Crippen LogP contribution in [0.2, 0.25) is 0 Å². The number of carbonyl (C=O) groups excluding carboxylic acids is 2. The minimum absolute atomic E-state index is 0.0796. The average molecular weight is 427 g/mol. The molecule has 1 aliphatic heterocycles. The summed E-state index contributed by atoms with van der Waals surface area (Å²) in [5.74, 6) is -0.132. The zero-order valence-electron chi connectivity index (χ0n) is 18.2. The van der Waals surface area contributed by atoms with Gasteiger partial charge in [0.2, 0.25) is 0 Å². The van der Waals surface area contributed by atoms with E-state index >= 15 is 0 Å². The van der Waals surface area contributed by atoms with Crippen LogP contribution in [0.5, 0.6) is 0 Å². The standard InChI is InChI=1S/C24H31FN4O2/c1-26-23(30)28-15-13-20(14-16-28)22(19-8-10-21(25)11-9-19)29(24(31)27-2)17-12-18-6-4-3-5-7-18/h3-11,20,22H,12-17H2,1-2H3,(H,26,30)(H,27,31). The fraction of sp³-hybridized carbons (Fsp3) is 0.417. The second-order valence-corrected chi connectivity index (χ2v) is 7.86. The fourth-order valence-corrected chi connectivity index (χ4v) is 4.35. The van der Waals surface area contributed by atoms with Crippen LogP contribution in [0.25, 0.3) is 0 Å². The molecule has 0 spiro atoms. The number of carbonyl (C=O) groups is 2. The Kier molecular flexibility index (Phi) is 7.87. The van der Waals surface area contributed by atoms with Crippen LogP contribution in [0.15, 0.2) is 54.6 Å². The molecule has 1 heterocycles. The Morgan fingerprint density at radius 1 is 1.03 bits per heavy atom. The molecule has 1 aliphatic rings. The third-order valence-corrected chi connectivity index (χ3v) is 5.99. The molecule has 0 radical (unpaired) electrons. The number of hydrogen-bond donors (Lipinski definition) is 2. The highest BCUT2D eigenvalue weighted by Crippen LogP contribution is 2.36. The van der Waals surface area contributed by atoms with Gasteiger partial charge in [0, 0.05) is 33.7 Å². The molecule has 6 nitrogen and oxygen atoms in total. The first-order valence-corrected chi connectivity index (χ1v) is 10.8. The number of nitrogens with zero attached hydrogens (tertiary/aromatic N) is 2. The minimum Gasteiger partial charge on any atom is -0.341 e. The Bertz CT molecular complexity index is 852. The highest BCUT2D eigenvalue weighted by molar-refractivity contribution is 5.75. The van der Waals surface area contributed by atoms with Crippen molar-refractivity contribution in [2.24, 2.45) is 5.92 Å². The van der Waals surface area contributed by atoms with Crippen molar-refractivity contribution < 1.29 is 14.0 Å². The molecule has 0 aliphatic carbocycles. The lowest BCUT2D eigenvalue weighted by molar-refractivity contribution is 0.109. The molecule has 2 N–H and O–H groups in total. The van der Waals surface area contributed by atoms with Crippen molar-refractivity contribution in [2.75, 3.05) is 33.7 Å². The molecule has 31 heavy (non-hydrogen) atoms. The Labute approximate surface area is 183 Å². The van der Waals surface area contributed by atoms with E-state index in [2.05, 4.69) is 22.8 Å². The molecule has 1 saturated heterocycles. The SMILES string of the molecule is CNC(=O)N1CCC(C(c2ccc(F)cc2)N(CCc2ccccc2)C(=O)NC)CC1. The van der Waals surface area contributed by atoms with Crippen molar-refractivity contribution in [1.82, 2.24) is 20.4 Å². The van der Waals surface area contributed by atoms with Gasteiger partial charge in [0.05, 0.1) is 6.04 Å². The number of rotatable bonds is 6. The second-order valence-electron chi connectivity index (χ2n) is 7.86. The third-order valence-electron chi connectivity index (χ3n) is 5.99. The Morgan fingerprint density at radius 3 is 2.26 bits per heavy atom. The Morgan fingerprint density at radius 2 is 1.68 bits per heavy atom. The van der Waals surface area contributed by atoms with E-state index in [9.17, 15) is 14.0 Å². The van der Waals surface area contributed by atoms with E-state index in [-0.39, 0.29) is 29.8 Å². The lowest BCUT2D eigenvalue weighted by atomic mass is 9.84. The van der Waals surface area contributed by atoms with Gasteiger partial charge >= 0.3 is 12.1 Å². The van der Waals surface area contributed by atoms with E-state index in [1.54, 1.807) is 31.1 Å². The Hall–Kier alpha value is -3.09. The number of benzene rings is 2. The van der Waals surface area contributed by atoms with E-state index in [1.807, 2.05) is 23.1 Å². The zero-order valence-corrected chi connectivity index (χ0v) is 18.2. The fourth-order valence-electron chi connectivity index (χ4n) is 4.35. The highest BCUT2D eigenvalue weighted by atomic mass is 19.1. The second kappa shape index (κ2) is 10.8. The summed E-state index contributed by atoms with van der Waals surface area (Å²) in [4.78, 5) is 28.6. The van der Waals surface area contributed by atoms with Crippen LogP contribution in [0.4, 0.5) is 14.0 Å². The van der Waals surface area contributed by atoms with E-state index in [1.165, 1.54) is 12.1 Å². The van der Waals surface area contributed by atoms with E-state index in [0.29, 0.717) is 19.6 Å². The van der Waals surface area contributed by atoms with Gasteiger partial charge in [-0.05, 0) is 48.4 Å². The summed E-state index contributed by atoms with van der Waals surface area (Å²) < 4.78 is 13.6. The summed E-state index contributed by atoms with van der Waals surface area (Å²) in [5, 5.41) is 5.45. The van der Waals surface area contributed by atoms with Gasteiger partial charge in [-0.2, -0.15) is 0 Å². The monoisotopic (exact) mass is 426 g/mol.